The maximum absolute atomic E-state index is 13.1. The molecular formula is C16H12F3NO3S. The number of ether oxygens (including phenoxy) is 1. The Balaban J connectivity index is 2.19. The molecule has 2 aromatic heterocycles. The van der Waals surface area contributed by atoms with Gasteiger partial charge in [0.25, 0.3) is 0 Å². The number of furan rings is 1. The van der Waals surface area contributed by atoms with Crippen LogP contribution in [0.3, 0.4) is 0 Å². The van der Waals surface area contributed by atoms with Crippen molar-refractivity contribution in [1.29, 1.82) is 0 Å². The van der Waals surface area contributed by atoms with Crippen LogP contribution in [0.2, 0.25) is 0 Å². The molecule has 2 heterocycles. The normalized spacial score (nSPS) is 11.7. The molecule has 1 aromatic carbocycles. The van der Waals surface area contributed by atoms with E-state index in [-0.39, 0.29) is 34.3 Å². The second-order valence-electron chi connectivity index (χ2n) is 4.94. The zero-order chi connectivity index (χ0) is 17.5. The van der Waals surface area contributed by atoms with E-state index in [1.807, 2.05) is 0 Å². The predicted octanol–water partition coefficient (Wildman–Crippen LogP) is 4.99. The molecule has 8 heteroatoms. The van der Waals surface area contributed by atoms with Crippen LogP contribution in [0.4, 0.5) is 19.1 Å². The van der Waals surface area contributed by atoms with Crippen molar-refractivity contribution in [2.45, 2.75) is 6.18 Å². The van der Waals surface area contributed by atoms with Crippen LogP contribution in [0.1, 0.15) is 5.56 Å². The van der Waals surface area contributed by atoms with Gasteiger partial charge < -0.3 is 20.0 Å². The van der Waals surface area contributed by atoms with Crippen LogP contribution in [0.5, 0.6) is 11.5 Å². The van der Waals surface area contributed by atoms with E-state index >= 15 is 0 Å². The molecular weight excluding hydrogens is 343 g/mol. The van der Waals surface area contributed by atoms with Crippen molar-refractivity contribution < 1.29 is 27.4 Å². The summed E-state index contributed by atoms with van der Waals surface area (Å²) in [5.74, 6) is -0.361. The largest absolute Gasteiger partial charge is 0.504 e. The molecule has 0 saturated heterocycles. The van der Waals surface area contributed by atoms with Gasteiger partial charge in [0.2, 0.25) is 5.88 Å². The van der Waals surface area contributed by atoms with Gasteiger partial charge >= 0.3 is 6.18 Å². The van der Waals surface area contributed by atoms with Gasteiger partial charge in [-0.1, -0.05) is 6.07 Å². The Hall–Kier alpha value is -2.61. The molecule has 0 fully saturated rings. The summed E-state index contributed by atoms with van der Waals surface area (Å²) in [5.41, 5.74) is 4.94. The van der Waals surface area contributed by atoms with Gasteiger partial charge in [-0.2, -0.15) is 13.2 Å². The minimum atomic E-state index is -4.56. The number of halogens is 3. The van der Waals surface area contributed by atoms with Gasteiger partial charge in [0.05, 0.1) is 23.1 Å². The Morgan fingerprint density at radius 1 is 1.25 bits per heavy atom. The summed E-state index contributed by atoms with van der Waals surface area (Å²) in [6, 6.07) is 6.58. The lowest BCUT2D eigenvalue weighted by atomic mass is 10.0. The zero-order valence-corrected chi connectivity index (χ0v) is 13.2. The minimum Gasteiger partial charge on any atom is -0.504 e. The number of thiophene rings is 1. The van der Waals surface area contributed by atoms with Gasteiger partial charge in [-0.3, -0.25) is 0 Å². The third-order valence-corrected chi connectivity index (χ3v) is 4.28. The van der Waals surface area contributed by atoms with Crippen LogP contribution in [0.25, 0.3) is 21.8 Å². The summed E-state index contributed by atoms with van der Waals surface area (Å²) < 4.78 is 49.5. The molecule has 0 atom stereocenters. The fourth-order valence-corrected chi connectivity index (χ4v) is 3.02. The lowest BCUT2D eigenvalue weighted by Crippen LogP contribution is -2.05. The van der Waals surface area contributed by atoms with Crippen LogP contribution in [0.15, 0.2) is 40.1 Å². The monoisotopic (exact) mass is 355 g/mol. The van der Waals surface area contributed by atoms with Crippen LogP contribution >= 0.6 is 11.3 Å². The number of methoxy groups -OCH3 is 1. The van der Waals surface area contributed by atoms with Gasteiger partial charge in [-0.05, 0) is 35.2 Å². The first-order chi connectivity index (χ1) is 11.3. The molecule has 0 radical (unpaired) electrons. The van der Waals surface area contributed by atoms with E-state index in [2.05, 4.69) is 0 Å². The van der Waals surface area contributed by atoms with Gasteiger partial charge in [0.1, 0.15) is 5.75 Å². The van der Waals surface area contributed by atoms with Crippen molar-refractivity contribution in [2.24, 2.45) is 0 Å². The number of nitrogens with two attached hydrogens (primary N) is 1. The molecule has 0 saturated carbocycles. The number of benzene rings is 1. The highest BCUT2D eigenvalue weighted by molar-refractivity contribution is 7.13. The van der Waals surface area contributed by atoms with Crippen LogP contribution < -0.4 is 10.5 Å². The number of anilines is 1. The molecule has 3 N–H and O–H groups in total. The van der Waals surface area contributed by atoms with Crippen molar-refractivity contribution in [2.75, 3.05) is 12.8 Å². The second-order valence-corrected chi connectivity index (χ2v) is 5.89. The van der Waals surface area contributed by atoms with Crippen molar-refractivity contribution in [3.63, 3.8) is 0 Å². The standard InChI is InChI=1S/C16H12F3NO3S/c1-22-10-6-8(5-9(7-10)16(17,18)19)12-13(21)14(23-15(12)20)11-3-2-4-24-11/h2-7,21H,20H2,1H3. The van der Waals surface area contributed by atoms with Crippen molar-refractivity contribution in [3.05, 3.63) is 41.3 Å². The molecule has 4 nitrogen and oxygen atoms in total. The number of hydrogen-bond donors (Lipinski definition) is 2. The van der Waals surface area contributed by atoms with Crippen molar-refractivity contribution in [3.8, 4) is 33.3 Å². The first-order valence-electron chi connectivity index (χ1n) is 6.73. The molecule has 126 valence electrons. The molecule has 3 rings (SSSR count). The Morgan fingerprint density at radius 2 is 2.00 bits per heavy atom. The highest BCUT2D eigenvalue weighted by atomic mass is 32.1. The molecule has 24 heavy (non-hydrogen) atoms. The number of hydrogen-bond acceptors (Lipinski definition) is 5. The summed E-state index contributed by atoms with van der Waals surface area (Å²) in [6.45, 7) is 0. The summed E-state index contributed by atoms with van der Waals surface area (Å²) >= 11 is 1.31. The summed E-state index contributed by atoms with van der Waals surface area (Å²) in [5, 5.41) is 12.2. The first-order valence-corrected chi connectivity index (χ1v) is 7.61. The molecule has 0 aliphatic rings. The van der Waals surface area contributed by atoms with Gasteiger partial charge in [-0.25, -0.2) is 0 Å². The van der Waals surface area contributed by atoms with Crippen LogP contribution in [-0.2, 0) is 6.18 Å². The van der Waals surface area contributed by atoms with E-state index in [0.29, 0.717) is 4.88 Å². The number of nitrogen functional groups attached to an aromatic ring is 1. The second kappa shape index (κ2) is 5.79. The summed E-state index contributed by atoms with van der Waals surface area (Å²) in [7, 11) is 1.26. The molecule has 0 aliphatic carbocycles. The molecule has 0 unspecified atom stereocenters. The maximum Gasteiger partial charge on any atom is 0.416 e. The third kappa shape index (κ3) is 2.80. The van der Waals surface area contributed by atoms with Crippen molar-refractivity contribution >= 4 is 17.2 Å². The van der Waals surface area contributed by atoms with Gasteiger partial charge in [0.15, 0.2) is 11.5 Å². The molecule has 0 spiro atoms. The Bertz CT molecular complexity index is 870. The summed E-state index contributed by atoms with van der Waals surface area (Å²) in [6.07, 6.45) is -4.56. The van der Waals surface area contributed by atoms with E-state index in [9.17, 15) is 18.3 Å². The number of alkyl halides is 3. The lowest BCUT2D eigenvalue weighted by molar-refractivity contribution is -0.137. The average molecular weight is 355 g/mol. The smallest absolute Gasteiger partial charge is 0.416 e. The van der Waals surface area contributed by atoms with Crippen LogP contribution in [0, 0.1) is 0 Å². The molecule has 3 aromatic rings. The van der Waals surface area contributed by atoms with Crippen molar-refractivity contribution in [1.82, 2.24) is 0 Å². The van der Waals surface area contributed by atoms with Gasteiger partial charge in [0, 0.05) is 0 Å². The Kier molecular flexibility index (Phi) is 3.92. The van der Waals surface area contributed by atoms with E-state index in [4.69, 9.17) is 14.9 Å². The van der Waals surface area contributed by atoms with E-state index in [1.165, 1.54) is 24.5 Å². The van der Waals surface area contributed by atoms with Gasteiger partial charge in [-0.15, -0.1) is 11.3 Å². The fraction of sp³-hybridized carbons (Fsp3) is 0.125. The zero-order valence-electron chi connectivity index (χ0n) is 12.3. The number of rotatable bonds is 3. The van der Waals surface area contributed by atoms with E-state index in [1.54, 1.807) is 17.5 Å². The Labute approximate surface area is 138 Å². The maximum atomic E-state index is 13.1. The average Bonchev–Trinajstić information content (AvgIpc) is 3.14. The SMILES string of the molecule is COc1cc(-c2c(N)oc(-c3cccs3)c2O)cc(C(F)(F)F)c1. The lowest BCUT2D eigenvalue weighted by Gasteiger charge is -2.11. The molecule has 0 bridgehead atoms. The molecule has 0 amide bonds. The summed E-state index contributed by atoms with van der Waals surface area (Å²) in [4.78, 5) is 0.615. The highest BCUT2D eigenvalue weighted by Crippen LogP contribution is 2.47. The van der Waals surface area contributed by atoms with E-state index in [0.717, 1.165) is 12.1 Å². The Morgan fingerprint density at radius 3 is 2.58 bits per heavy atom. The van der Waals surface area contributed by atoms with Crippen LogP contribution in [-0.4, -0.2) is 12.2 Å². The quantitative estimate of drug-likeness (QED) is 0.694. The fourth-order valence-electron chi connectivity index (χ4n) is 2.32. The predicted molar refractivity (Wildman–Crippen MR) is 85.1 cm³/mol. The minimum absolute atomic E-state index is 0.00232. The topological polar surface area (TPSA) is 68.6 Å². The third-order valence-electron chi connectivity index (χ3n) is 3.41. The number of aromatic hydroxyl groups is 1. The van der Waals surface area contributed by atoms with E-state index < -0.39 is 11.7 Å². The molecule has 0 aliphatic heterocycles. The first kappa shape index (κ1) is 16.3. The highest BCUT2D eigenvalue weighted by Gasteiger charge is 2.32.